The summed E-state index contributed by atoms with van der Waals surface area (Å²) in [6.45, 7) is 5.01. The van der Waals surface area contributed by atoms with Crippen LogP contribution in [0.15, 0.2) is 18.2 Å². The lowest BCUT2D eigenvalue weighted by Crippen LogP contribution is -2.13. The summed E-state index contributed by atoms with van der Waals surface area (Å²) in [7, 11) is 0. The Bertz CT molecular complexity index is 487. The van der Waals surface area contributed by atoms with E-state index < -0.39 is 0 Å². The molecule has 3 nitrogen and oxygen atoms in total. The van der Waals surface area contributed by atoms with Gasteiger partial charge >= 0.3 is 0 Å². The zero-order chi connectivity index (χ0) is 12.3. The van der Waals surface area contributed by atoms with Gasteiger partial charge in [0.25, 0.3) is 0 Å². The van der Waals surface area contributed by atoms with Gasteiger partial charge in [0.1, 0.15) is 5.82 Å². The molecule has 0 radical (unpaired) electrons. The molecule has 1 unspecified atom stereocenters. The molecule has 3 N–H and O–H groups in total. The molecule has 17 heavy (non-hydrogen) atoms. The van der Waals surface area contributed by atoms with Crippen LogP contribution < -0.4 is 5.73 Å². The molecule has 0 bridgehead atoms. The maximum atomic E-state index is 5.81. The number of rotatable bonds is 5. The lowest BCUT2D eigenvalue weighted by atomic mass is 10.0. The minimum Gasteiger partial charge on any atom is -0.342 e. The van der Waals surface area contributed by atoms with E-state index in [0.29, 0.717) is 12.5 Å². The van der Waals surface area contributed by atoms with Crippen LogP contribution in [0.4, 0.5) is 0 Å². The highest BCUT2D eigenvalue weighted by atomic mass is 14.9. The number of nitrogens with zero attached hydrogens (tertiary/aromatic N) is 1. The van der Waals surface area contributed by atoms with E-state index in [-0.39, 0.29) is 0 Å². The fraction of sp³-hybridized carbons (Fsp3) is 0.500. The third kappa shape index (κ3) is 2.50. The van der Waals surface area contributed by atoms with E-state index in [1.165, 1.54) is 5.56 Å². The van der Waals surface area contributed by atoms with Crippen molar-refractivity contribution < 1.29 is 0 Å². The predicted octanol–water partition coefficient (Wildman–Crippen LogP) is 2.97. The molecular weight excluding hydrogens is 210 g/mol. The van der Waals surface area contributed by atoms with Crippen molar-refractivity contribution in [3.63, 3.8) is 0 Å². The van der Waals surface area contributed by atoms with Gasteiger partial charge in [-0.15, -0.1) is 0 Å². The number of nitrogens with two attached hydrogens (primary N) is 1. The van der Waals surface area contributed by atoms with Crippen LogP contribution in [0.3, 0.4) is 0 Å². The van der Waals surface area contributed by atoms with E-state index in [1.807, 2.05) is 0 Å². The molecule has 2 rings (SSSR count). The van der Waals surface area contributed by atoms with Crippen LogP contribution in [0.25, 0.3) is 11.0 Å². The smallest absolute Gasteiger partial charge is 0.111 e. The summed E-state index contributed by atoms with van der Waals surface area (Å²) in [6, 6.07) is 6.42. The van der Waals surface area contributed by atoms with Crippen molar-refractivity contribution in [1.29, 1.82) is 0 Å². The second-order valence-corrected chi connectivity index (χ2v) is 4.55. The molecule has 0 spiro atoms. The molecule has 0 amide bonds. The number of imidazole rings is 1. The number of aromatic amines is 1. The molecule has 1 heterocycles. The number of H-pyrrole nitrogens is 1. The number of aromatic nitrogens is 2. The van der Waals surface area contributed by atoms with E-state index in [4.69, 9.17) is 5.73 Å². The van der Waals surface area contributed by atoms with E-state index in [0.717, 1.165) is 36.1 Å². The number of benzene rings is 1. The Hall–Kier alpha value is -1.35. The number of nitrogens with one attached hydrogen (secondary N) is 1. The zero-order valence-electron chi connectivity index (χ0n) is 10.7. The summed E-state index contributed by atoms with van der Waals surface area (Å²) in [5.74, 6) is 1.40. The van der Waals surface area contributed by atoms with E-state index in [9.17, 15) is 0 Å². The normalized spacial score (nSPS) is 13.1. The first kappa shape index (κ1) is 12.1. The second-order valence-electron chi connectivity index (χ2n) is 4.55. The summed E-state index contributed by atoms with van der Waals surface area (Å²) in [4.78, 5) is 8.06. The molecule has 1 atom stereocenters. The maximum absolute atomic E-state index is 5.81. The molecule has 0 saturated carbocycles. The first-order chi connectivity index (χ1) is 8.28. The van der Waals surface area contributed by atoms with Gasteiger partial charge in [0.05, 0.1) is 11.0 Å². The van der Waals surface area contributed by atoms with Crippen LogP contribution in [-0.2, 0) is 6.42 Å². The highest BCUT2D eigenvalue weighted by molar-refractivity contribution is 5.76. The van der Waals surface area contributed by atoms with Crippen molar-refractivity contribution in [2.75, 3.05) is 6.54 Å². The highest BCUT2D eigenvalue weighted by Gasteiger charge is 2.13. The van der Waals surface area contributed by atoms with Gasteiger partial charge in [0.2, 0.25) is 0 Å². The number of fused-ring (bicyclic) bond motifs is 1. The van der Waals surface area contributed by atoms with Crippen molar-refractivity contribution in [3.8, 4) is 0 Å². The van der Waals surface area contributed by atoms with Gasteiger partial charge < -0.3 is 10.7 Å². The SMILES string of the molecule is CCCC(CN)c1nc2ccc(CC)cc2[nH]1. The lowest BCUT2D eigenvalue weighted by molar-refractivity contribution is 0.596. The fourth-order valence-corrected chi connectivity index (χ4v) is 2.20. The minimum atomic E-state index is 0.359. The molecule has 0 aliphatic carbocycles. The standard InChI is InChI=1S/C14H21N3/c1-3-5-11(9-15)14-16-12-7-6-10(4-2)8-13(12)17-14/h6-8,11H,3-5,9,15H2,1-2H3,(H,16,17). The van der Waals surface area contributed by atoms with Crippen LogP contribution in [-0.4, -0.2) is 16.5 Å². The van der Waals surface area contributed by atoms with Crippen LogP contribution in [0.1, 0.15) is 44.0 Å². The monoisotopic (exact) mass is 231 g/mol. The lowest BCUT2D eigenvalue weighted by Gasteiger charge is -2.09. The summed E-state index contributed by atoms with van der Waals surface area (Å²) in [5.41, 5.74) is 9.33. The van der Waals surface area contributed by atoms with E-state index >= 15 is 0 Å². The maximum Gasteiger partial charge on any atom is 0.111 e. The van der Waals surface area contributed by atoms with E-state index in [1.54, 1.807) is 0 Å². The summed E-state index contributed by atoms with van der Waals surface area (Å²) < 4.78 is 0. The Morgan fingerprint density at radius 1 is 1.35 bits per heavy atom. The molecule has 0 fully saturated rings. The summed E-state index contributed by atoms with van der Waals surface area (Å²) in [5, 5.41) is 0. The van der Waals surface area contributed by atoms with Gasteiger partial charge in [0, 0.05) is 12.5 Å². The van der Waals surface area contributed by atoms with Crippen molar-refractivity contribution in [1.82, 2.24) is 9.97 Å². The van der Waals surface area contributed by atoms with Crippen molar-refractivity contribution in [2.24, 2.45) is 5.73 Å². The molecule has 3 heteroatoms. The van der Waals surface area contributed by atoms with E-state index in [2.05, 4.69) is 42.0 Å². The average Bonchev–Trinajstić information content (AvgIpc) is 2.78. The van der Waals surface area contributed by atoms with Gasteiger partial charge in [-0.25, -0.2) is 4.98 Å². The van der Waals surface area contributed by atoms with Gasteiger partial charge in [-0.05, 0) is 30.5 Å². The largest absolute Gasteiger partial charge is 0.342 e. The summed E-state index contributed by atoms with van der Waals surface area (Å²) >= 11 is 0. The van der Waals surface area contributed by atoms with Gasteiger partial charge in [-0.3, -0.25) is 0 Å². The number of aryl methyl sites for hydroxylation is 1. The minimum absolute atomic E-state index is 0.359. The Labute approximate surface area is 102 Å². The number of hydrogen-bond acceptors (Lipinski definition) is 2. The molecule has 1 aromatic heterocycles. The quantitative estimate of drug-likeness (QED) is 0.831. The molecule has 0 aliphatic heterocycles. The molecular formula is C14H21N3. The first-order valence-electron chi connectivity index (χ1n) is 6.47. The van der Waals surface area contributed by atoms with Crippen LogP contribution >= 0.6 is 0 Å². The first-order valence-corrected chi connectivity index (χ1v) is 6.47. The second kappa shape index (κ2) is 5.32. The molecule has 2 aromatic rings. The summed E-state index contributed by atoms with van der Waals surface area (Å²) in [6.07, 6.45) is 3.29. The van der Waals surface area contributed by atoms with Crippen molar-refractivity contribution >= 4 is 11.0 Å². The van der Waals surface area contributed by atoms with Gasteiger partial charge in [-0.2, -0.15) is 0 Å². The average molecular weight is 231 g/mol. The molecule has 92 valence electrons. The molecule has 0 saturated heterocycles. The van der Waals surface area contributed by atoms with Crippen molar-refractivity contribution in [2.45, 2.75) is 39.0 Å². The van der Waals surface area contributed by atoms with Crippen LogP contribution in [0.2, 0.25) is 0 Å². The molecule has 1 aromatic carbocycles. The predicted molar refractivity (Wildman–Crippen MR) is 72.2 cm³/mol. The van der Waals surface area contributed by atoms with Gasteiger partial charge in [0.15, 0.2) is 0 Å². The number of hydrogen-bond donors (Lipinski definition) is 2. The fourth-order valence-electron chi connectivity index (χ4n) is 2.20. The zero-order valence-corrected chi connectivity index (χ0v) is 10.7. The van der Waals surface area contributed by atoms with Crippen LogP contribution in [0, 0.1) is 0 Å². The van der Waals surface area contributed by atoms with Gasteiger partial charge in [-0.1, -0.05) is 26.3 Å². The Morgan fingerprint density at radius 2 is 2.18 bits per heavy atom. The third-order valence-electron chi connectivity index (χ3n) is 3.28. The Balaban J connectivity index is 2.36. The molecule has 0 aliphatic rings. The Kier molecular flexibility index (Phi) is 3.79. The third-order valence-corrected chi connectivity index (χ3v) is 3.28. The Morgan fingerprint density at radius 3 is 2.82 bits per heavy atom. The topological polar surface area (TPSA) is 54.7 Å². The van der Waals surface area contributed by atoms with Crippen molar-refractivity contribution in [3.05, 3.63) is 29.6 Å². The highest BCUT2D eigenvalue weighted by Crippen LogP contribution is 2.21. The van der Waals surface area contributed by atoms with Crippen LogP contribution in [0.5, 0.6) is 0 Å².